The van der Waals surface area contributed by atoms with E-state index in [-0.39, 0.29) is 16.6 Å². The van der Waals surface area contributed by atoms with Gasteiger partial charge in [0, 0.05) is 17.1 Å². The number of nitrogens with two attached hydrogens (primary N) is 1. The first-order valence-electron chi connectivity index (χ1n) is 7.19. The first-order chi connectivity index (χ1) is 11.4. The maximum Gasteiger partial charge on any atom is 0.238 e. The summed E-state index contributed by atoms with van der Waals surface area (Å²) in [4.78, 5) is 15.1. The molecule has 5 nitrogen and oxygen atoms in total. The van der Waals surface area contributed by atoms with Crippen LogP contribution in [0.3, 0.4) is 0 Å². The van der Waals surface area contributed by atoms with Crippen molar-refractivity contribution in [2.24, 2.45) is 5.14 Å². The Morgan fingerprint density at radius 3 is 2.71 bits per heavy atom. The summed E-state index contributed by atoms with van der Waals surface area (Å²) < 4.78 is 22.8. The van der Waals surface area contributed by atoms with Crippen LogP contribution in [-0.4, -0.2) is 26.6 Å². The molecule has 1 aliphatic heterocycles. The van der Waals surface area contributed by atoms with Gasteiger partial charge in [0.15, 0.2) is 0 Å². The number of anilines is 1. The zero-order valence-corrected chi connectivity index (χ0v) is 15.0. The summed E-state index contributed by atoms with van der Waals surface area (Å²) >= 11 is 7.48. The molecule has 0 fully saturated rings. The van der Waals surface area contributed by atoms with Crippen molar-refractivity contribution < 1.29 is 13.2 Å². The van der Waals surface area contributed by atoms with Crippen LogP contribution < -0.4 is 10.0 Å². The Balaban J connectivity index is 1.74. The minimum atomic E-state index is -3.74. The molecule has 0 saturated heterocycles. The molecule has 2 N–H and O–H groups in total. The zero-order valence-electron chi connectivity index (χ0n) is 12.6. The van der Waals surface area contributed by atoms with E-state index in [2.05, 4.69) is 0 Å². The molecule has 1 heterocycles. The molecule has 3 rings (SSSR count). The van der Waals surface area contributed by atoms with E-state index in [1.807, 2.05) is 18.2 Å². The molecule has 0 aliphatic carbocycles. The predicted molar refractivity (Wildman–Crippen MR) is 96.0 cm³/mol. The van der Waals surface area contributed by atoms with E-state index in [1.165, 1.54) is 17.8 Å². The van der Waals surface area contributed by atoms with Gasteiger partial charge in [0.05, 0.1) is 15.7 Å². The Morgan fingerprint density at radius 1 is 1.25 bits per heavy atom. The highest BCUT2D eigenvalue weighted by atomic mass is 35.5. The average molecular weight is 383 g/mol. The number of carbonyl (C=O) groups is 1. The summed E-state index contributed by atoms with van der Waals surface area (Å²) in [6.07, 6.45) is 0.612. The van der Waals surface area contributed by atoms with E-state index in [4.69, 9.17) is 16.7 Å². The van der Waals surface area contributed by atoms with Crippen LogP contribution in [-0.2, 0) is 21.2 Å². The predicted octanol–water partition coefficient (Wildman–Crippen LogP) is 2.67. The van der Waals surface area contributed by atoms with Gasteiger partial charge in [0.25, 0.3) is 0 Å². The van der Waals surface area contributed by atoms with Crippen LogP contribution in [0.1, 0.15) is 5.56 Å². The molecule has 2 aromatic rings. The second-order valence-corrected chi connectivity index (χ2v) is 8.34. The Kier molecular flexibility index (Phi) is 4.87. The van der Waals surface area contributed by atoms with Gasteiger partial charge in [-0.3, -0.25) is 4.79 Å². The van der Waals surface area contributed by atoms with Gasteiger partial charge >= 0.3 is 0 Å². The lowest BCUT2D eigenvalue weighted by Crippen LogP contribution is -2.30. The van der Waals surface area contributed by atoms with Gasteiger partial charge < -0.3 is 4.90 Å². The number of hydrogen-bond acceptors (Lipinski definition) is 4. The molecule has 1 amide bonds. The molecule has 24 heavy (non-hydrogen) atoms. The molecule has 0 spiro atoms. The molecular formula is C16H15ClN2O3S2. The third-order valence-electron chi connectivity index (χ3n) is 3.76. The molecule has 0 unspecified atom stereocenters. The van der Waals surface area contributed by atoms with Crippen LogP contribution in [0.25, 0.3) is 0 Å². The van der Waals surface area contributed by atoms with Gasteiger partial charge in [0.1, 0.15) is 0 Å². The van der Waals surface area contributed by atoms with Crippen LogP contribution >= 0.6 is 23.4 Å². The van der Waals surface area contributed by atoms with Crippen molar-refractivity contribution in [2.45, 2.75) is 16.2 Å². The van der Waals surface area contributed by atoms with E-state index in [1.54, 1.807) is 23.1 Å². The van der Waals surface area contributed by atoms with Crippen LogP contribution in [0.15, 0.2) is 52.3 Å². The zero-order chi connectivity index (χ0) is 17.3. The Labute approximate surface area is 149 Å². The maximum atomic E-state index is 12.5. The number of thioether (sulfide) groups is 1. The molecule has 2 aromatic carbocycles. The maximum absolute atomic E-state index is 12.5. The summed E-state index contributed by atoms with van der Waals surface area (Å²) in [6, 6.07) is 12.0. The van der Waals surface area contributed by atoms with E-state index in [9.17, 15) is 13.2 Å². The molecule has 0 radical (unpaired) electrons. The smallest absolute Gasteiger partial charge is 0.238 e. The normalized spacial score (nSPS) is 13.8. The largest absolute Gasteiger partial charge is 0.311 e. The number of rotatable bonds is 4. The van der Waals surface area contributed by atoms with E-state index in [0.29, 0.717) is 18.0 Å². The Hall–Kier alpha value is -1.54. The monoisotopic (exact) mass is 382 g/mol. The van der Waals surface area contributed by atoms with Crippen molar-refractivity contribution in [2.75, 3.05) is 17.2 Å². The summed E-state index contributed by atoms with van der Waals surface area (Å²) in [7, 11) is -3.74. The number of benzene rings is 2. The highest BCUT2D eigenvalue weighted by Gasteiger charge is 2.26. The first kappa shape index (κ1) is 17.3. The lowest BCUT2D eigenvalue weighted by Gasteiger charge is -2.17. The number of fused-ring (bicyclic) bond motifs is 1. The molecule has 8 heteroatoms. The fourth-order valence-corrected chi connectivity index (χ4v) is 4.27. The van der Waals surface area contributed by atoms with E-state index >= 15 is 0 Å². The van der Waals surface area contributed by atoms with E-state index < -0.39 is 10.0 Å². The number of halogens is 1. The van der Waals surface area contributed by atoms with Crippen LogP contribution in [0.5, 0.6) is 0 Å². The minimum absolute atomic E-state index is 0.0398. The highest BCUT2D eigenvalue weighted by Crippen LogP contribution is 2.32. The van der Waals surface area contributed by atoms with Gasteiger partial charge in [-0.05, 0) is 42.3 Å². The van der Waals surface area contributed by atoms with Gasteiger partial charge in [-0.1, -0.05) is 23.7 Å². The summed E-state index contributed by atoms with van der Waals surface area (Å²) in [5.41, 5.74) is 1.56. The average Bonchev–Trinajstić information content (AvgIpc) is 2.96. The second-order valence-electron chi connectivity index (χ2n) is 5.35. The topological polar surface area (TPSA) is 80.5 Å². The Bertz CT molecular complexity index is 900. The fraction of sp³-hybridized carbons (Fsp3) is 0.188. The van der Waals surface area contributed by atoms with Gasteiger partial charge in [0.2, 0.25) is 15.9 Å². The Morgan fingerprint density at radius 2 is 2.00 bits per heavy atom. The number of amides is 1. The lowest BCUT2D eigenvalue weighted by atomic mass is 10.2. The van der Waals surface area contributed by atoms with Crippen molar-refractivity contribution in [1.29, 1.82) is 0 Å². The number of sulfonamides is 1. The summed E-state index contributed by atoms with van der Waals surface area (Å²) in [5, 5.41) is 5.77. The van der Waals surface area contributed by atoms with Gasteiger partial charge in [-0.2, -0.15) is 0 Å². The lowest BCUT2D eigenvalue weighted by molar-refractivity contribution is -0.116. The third-order valence-corrected chi connectivity index (χ3v) is 6.17. The number of carbonyl (C=O) groups excluding carboxylic acids is 1. The summed E-state index contributed by atoms with van der Waals surface area (Å²) in [5.74, 6) is 0.224. The van der Waals surface area contributed by atoms with Crippen molar-refractivity contribution in [1.82, 2.24) is 0 Å². The third kappa shape index (κ3) is 3.59. The minimum Gasteiger partial charge on any atom is -0.311 e. The molecule has 0 saturated carbocycles. The number of nitrogens with zero attached hydrogens (tertiary/aromatic N) is 1. The molecular weight excluding hydrogens is 368 g/mol. The molecule has 126 valence electrons. The second kappa shape index (κ2) is 6.76. The quantitative estimate of drug-likeness (QED) is 0.824. The molecule has 0 atom stereocenters. The van der Waals surface area contributed by atoms with E-state index in [0.717, 1.165) is 16.1 Å². The standard InChI is InChI=1S/C16H15ClN2O3S2/c17-13-3-1-2-4-15(13)23-10-16(20)19-8-7-11-9-12(24(18,21)22)5-6-14(11)19/h1-6,9H,7-8,10H2,(H2,18,21,22). The van der Waals surface area contributed by atoms with Gasteiger partial charge in [-0.25, -0.2) is 13.6 Å². The van der Waals surface area contributed by atoms with Crippen molar-refractivity contribution in [3.63, 3.8) is 0 Å². The molecule has 0 bridgehead atoms. The first-order valence-corrected chi connectivity index (χ1v) is 10.1. The van der Waals surface area contributed by atoms with Crippen molar-refractivity contribution in [3.8, 4) is 0 Å². The number of primary sulfonamides is 1. The van der Waals surface area contributed by atoms with Crippen molar-refractivity contribution >= 4 is 45.0 Å². The summed E-state index contributed by atoms with van der Waals surface area (Å²) in [6.45, 7) is 0.533. The van der Waals surface area contributed by atoms with Crippen LogP contribution in [0.4, 0.5) is 5.69 Å². The fourth-order valence-electron chi connectivity index (χ4n) is 2.59. The SMILES string of the molecule is NS(=O)(=O)c1ccc2c(c1)CCN2C(=O)CSc1ccccc1Cl. The van der Waals surface area contributed by atoms with Crippen LogP contribution in [0.2, 0.25) is 5.02 Å². The molecule has 0 aromatic heterocycles. The molecule has 1 aliphatic rings. The van der Waals surface area contributed by atoms with Gasteiger partial charge in [-0.15, -0.1) is 11.8 Å². The van der Waals surface area contributed by atoms with Crippen LogP contribution in [0, 0.1) is 0 Å². The van der Waals surface area contributed by atoms with Crippen molar-refractivity contribution in [3.05, 3.63) is 53.1 Å². The highest BCUT2D eigenvalue weighted by molar-refractivity contribution is 8.00. The number of hydrogen-bond donors (Lipinski definition) is 1.